The minimum atomic E-state index is -1.90. The molecule has 0 saturated carbocycles. The molecule has 3 nitrogen and oxygen atoms in total. The molecule has 0 aromatic heterocycles. The maximum atomic E-state index is 10.8. The van der Waals surface area contributed by atoms with Crippen LogP contribution in [0.4, 0.5) is 0 Å². The van der Waals surface area contributed by atoms with Crippen molar-refractivity contribution in [1.29, 1.82) is 0 Å². The molecule has 1 aromatic rings. The number of carbonyl (C=O) groups is 1. The Morgan fingerprint density at radius 1 is 1.15 bits per heavy atom. The molecular formula is C22H36O3Si. The molecule has 0 aliphatic carbocycles. The molecule has 0 amide bonds. The van der Waals surface area contributed by atoms with Crippen molar-refractivity contribution in [3.63, 3.8) is 0 Å². The van der Waals surface area contributed by atoms with Crippen LogP contribution in [-0.4, -0.2) is 20.2 Å². The second-order valence-electron chi connectivity index (χ2n) is 9.63. The molecule has 26 heavy (non-hydrogen) atoms. The van der Waals surface area contributed by atoms with Gasteiger partial charge in [0.05, 0.1) is 0 Å². The molecule has 0 unspecified atom stereocenters. The Morgan fingerprint density at radius 3 is 2.31 bits per heavy atom. The van der Waals surface area contributed by atoms with Gasteiger partial charge in [0, 0.05) is 12.0 Å². The molecule has 0 radical (unpaired) electrons. The lowest BCUT2D eigenvalue weighted by molar-refractivity contribution is -0.108. The Balaban J connectivity index is 2.46. The molecule has 1 heterocycles. The lowest BCUT2D eigenvalue weighted by atomic mass is 9.85. The van der Waals surface area contributed by atoms with Gasteiger partial charge in [0.1, 0.15) is 23.4 Å². The van der Waals surface area contributed by atoms with Crippen molar-refractivity contribution in [2.45, 2.75) is 97.9 Å². The van der Waals surface area contributed by atoms with Crippen molar-refractivity contribution in [1.82, 2.24) is 0 Å². The second-order valence-corrected chi connectivity index (χ2v) is 14.4. The SMILES string of the molecule is Cc1c(C)c2c(c(C)c1O[Si](C)(C)C(C)(C)C)CC[C@@](C)(CCC=O)O2. The van der Waals surface area contributed by atoms with E-state index in [2.05, 4.69) is 61.6 Å². The smallest absolute Gasteiger partial charge is 0.250 e. The zero-order chi connectivity index (χ0) is 19.9. The van der Waals surface area contributed by atoms with Crippen LogP contribution in [-0.2, 0) is 11.2 Å². The van der Waals surface area contributed by atoms with Gasteiger partial charge in [-0.25, -0.2) is 0 Å². The van der Waals surface area contributed by atoms with E-state index in [0.29, 0.717) is 6.42 Å². The summed E-state index contributed by atoms with van der Waals surface area (Å²) in [5.41, 5.74) is 4.62. The third-order valence-electron chi connectivity index (χ3n) is 6.52. The van der Waals surface area contributed by atoms with E-state index in [1.807, 2.05) is 0 Å². The predicted molar refractivity (Wildman–Crippen MR) is 111 cm³/mol. The second kappa shape index (κ2) is 7.03. The van der Waals surface area contributed by atoms with Crippen LogP contribution in [0.2, 0.25) is 18.1 Å². The van der Waals surface area contributed by atoms with E-state index in [1.54, 1.807) is 0 Å². The standard InChI is InChI=1S/C22H36O3Si/c1-15-16(2)20-18(11-13-22(7,24-20)12-10-14-23)17(3)19(15)25-26(8,9)21(4,5)6/h14H,10-13H2,1-9H3/t22-/m1/s1. The zero-order valence-corrected chi connectivity index (χ0v) is 19.1. The molecule has 0 saturated heterocycles. The topological polar surface area (TPSA) is 35.5 Å². The molecule has 1 aliphatic heterocycles. The summed E-state index contributed by atoms with van der Waals surface area (Å²) in [6.07, 6.45) is 4.23. The van der Waals surface area contributed by atoms with E-state index in [1.165, 1.54) is 22.3 Å². The van der Waals surface area contributed by atoms with E-state index < -0.39 is 8.32 Å². The Labute approximate surface area is 160 Å². The molecule has 1 aromatic carbocycles. The Hall–Kier alpha value is -1.29. The van der Waals surface area contributed by atoms with E-state index in [9.17, 15) is 4.79 Å². The summed E-state index contributed by atoms with van der Waals surface area (Å²) in [5, 5.41) is 0.166. The first-order chi connectivity index (χ1) is 11.8. The largest absolute Gasteiger partial charge is 0.543 e. The van der Waals surface area contributed by atoms with E-state index in [4.69, 9.17) is 9.16 Å². The first kappa shape index (κ1) is 21.0. The van der Waals surface area contributed by atoms with Crippen molar-refractivity contribution >= 4 is 14.6 Å². The molecule has 0 bridgehead atoms. The average molecular weight is 377 g/mol. The Bertz CT molecular complexity index is 701. The molecule has 1 aliphatic rings. The fraction of sp³-hybridized carbons (Fsp3) is 0.682. The molecule has 146 valence electrons. The molecule has 0 fully saturated rings. The summed E-state index contributed by atoms with van der Waals surface area (Å²) in [4.78, 5) is 10.8. The Kier molecular flexibility index (Phi) is 5.68. The monoisotopic (exact) mass is 376 g/mol. The number of rotatable bonds is 5. The number of fused-ring (bicyclic) bond motifs is 1. The minimum Gasteiger partial charge on any atom is -0.543 e. The van der Waals surface area contributed by atoms with Crippen LogP contribution >= 0.6 is 0 Å². The predicted octanol–water partition coefficient (Wildman–Crippen LogP) is 6.06. The van der Waals surface area contributed by atoms with Crippen molar-refractivity contribution in [3.8, 4) is 11.5 Å². The van der Waals surface area contributed by atoms with Crippen LogP contribution in [0.5, 0.6) is 11.5 Å². The lowest BCUT2D eigenvalue weighted by Crippen LogP contribution is -2.44. The van der Waals surface area contributed by atoms with Crippen LogP contribution < -0.4 is 9.16 Å². The maximum Gasteiger partial charge on any atom is 0.250 e. The first-order valence-corrected chi connectivity index (χ1v) is 12.7. The molecular weight excluding hydrogens is 340 g/mol. The van der Waals surface area contributed by atoms with Gasteiger partial charge in [0.25, 0.3) is 8.32 Å². The van der Waals surface area contributed by atoms with Crippen molar-refractivity contribution in [3.05, 3.63) is 22.3 Å². The summed E-state index contributed by atoms with van der Waals surface area (Å²) >= 11 is 0. The van der Waals surface area contributed by atoms with Gasteiger partial charge in [-0.3, -0.25) is 0 Å². The molecule has 0 spiro atoms. The highest BCUT2D eigenvalue weighted by Gasteiger charge is 2.41. The zero-order valence-electron chi connectivity index (χ0n) is 18.1. The number of hydrogen-bond donors (Lipinski definition) is 0. The molecule has 0 N–H and O–H groups in total. The number of aldehydes is 1. The summed E-state index contributed by atoms with van der Waals surface area (Å²) in [6.45, 7) is 20.0. The minimum absolute atomic E-state index is 0.166. The highest BCUT2D eigenvalue weighted by atomic mass is 28.4. The van der Waals surface area contributed by atoms with Crippen molar-refractivity contribution < 1.29 is 14.0 Å². The number of hydrogen-bond acceptors (Lipinski definition) is 3. The number of ether oxygens (including phenoxy) is 1. The van der Waals surface area contributed by atoms with Gasteiger partial charge in [-0.15, -0.1) is 0 Å². The molecule has 4 heteroatoms. The van der Waals surface area contributed by atoms with E-state index >= 15 is 0 Å². The van der Waals surface area contributed by atoms with Gasteiger partial charge in [-0.2, -0.15) is 0 Å². The number of benzene rings is 1. The van der Waals surface area contributed by atoms with Gasteiger partial charge in [-0.05, 0) is 81.8 Å². The third-order valence-corrected chi connectivity index (χ3v) is 10.8. The first-order valence-electron chi connectivity index (χ1n) is 9.77. The van der Waals surface area contributed by atoms with Gasteiger partial charge >= 0.3 is 0 Å². The van der Waals surface area contributed by atoms with Crippen LogP contribution in [0.3, 0.4) is 0 Å². The van der Waals surface area contributed by atoms with Crippen molar-refractivity contribution in [2.24, 2.45) is 0 Å². The summed E-state index contributed by atoms with van der Waals surface area (Å²) < 4.78 is 13.2. The summed E-state index contributed by atoms with van der Waals surface area (Å²) in [6, 6.07) is 0. The fourth-order valence-electron chi connectivity index (χ4n) is 3.38. The fourth-order valence-corrected chi connectivity index (χ4v) is 4.51. The lowest BCUT2D eigenvalue weighted by Gasteiger charge is -2.40. The third kappa shape index (κ3) is 3.85. The Morgan fingerprint density at radius 2 is 1.77 bits per heavy atom. The normalized spacial score (nSPS) is 20.3. The summed E-state index contributed by atoms with van der Waals surface area (Å²) in [7, 11) is -1.90. The van der Waals surface area contributed by atoms with Crippen molar-refractivity contribution in [2.75, 3.05) is 0 Å². The molecule has 2 rings (SSSR count). The quantitative estimate of drug-likeness (QED) is 0.463. The average Bonchev–Trinajstić information content (AvgIpc) is 2.54. The van der Waals surface area contributed by atoms with Gasteiger partial charge < -0.3 is 14.0 Å². The summed E-state index contributed by atoms with van der Waals surface area (Å²) in [5.74, 6) is 2.08. The highest BCUT2D eigenvalue weighted by Crippen LogP contribution is 2.47. The van der Waals surface area contributed by atoms with Crippen LogP contribution in [0.15, 0.2) is 0 Å². The maximum absolute atomic E-state index is 10.8. The van der Waals surface area contributed by atoms with Crippen LogP contribution in [0.25, 0.3) is 0 Å². The van der Waals surface area contributed by atoms with Crippen LogP contribution in [0.1, 0.15) is 69.2 Å². The van der Waals surface area contributed by atoms with Gasteiger partial charge in [-0.1, -0.05) is 20.8 Å². The van der Waals surface area contributed by atoms with Crippen LogP contribution in [0, 0.1) is 20.8 Å². The van der Waals surface area contributed by atoms with Gasteiger partial charge in [0.2, 0.25) is 0 Å². The van der Waals surface area contributed by atoms with E-state index in [-0.39, 0.29) is 10.6 Å². The van der Waals surface area contributed by atoms with E-state index in [0.717, 1.165) is 37.0 Å². The number of carbonyl (C=O) groups excluding carboxylic acids is 1. The van der Waals surface area contributed by atoms with Gasteiger partial charge in [0.15, 0.2) is 0 Å². The molecule has 1 atom stereocenters. The highest BCUT2D eigenvalue weighted by molar-refractivity contribution is 6.74.